The molecule has 10 heteroatoms. The van der Waals surface area contributed by atoms with Gasteiger partial charge in [0.05, 0.1) is 21.8 Å². The molecule has 0 aromatic heterocycles. The van der Waals surface area contributed by atoms with Crippen LogP contribution in [-0.4, -0.2) is 23.9 Å². The third kappa shape index (κ3) is 6.10. The third-order valence-electron chi connectivity index (χ3n) is 5.75. The molecule has 0 saturated carbocycles. The van der Waals surface area contributed by atoms with E-state index in [1.807, 2.05) is 24.1 Å². The normalized spacial score (nSPS) is 11.2. The van der Waals surface area contributed by atoms with E-state index in [-0.39, 0.29) is 27.5 Å². The molecule has 0 aliphatic heterocycles. The molecule has 0 atom stereocenters. The van der Waals surface area contributed by atoms with Crippen LogP contribution in [0.15, 0.2) is 84.9 Å². The predicted octanol–water partition coefficient (Wildman–Crippen LogP) is 8.45. The van der Waals surface area contributed by atoms with Crippen molar-refractivity contribution in [2.24, 2.45) is 0 Å². The van der Waals surface area contributed by atoms with E-state index in [4.69, 9.17) is 23.2 Å². The van der Waals surface area contributed by atoms with Gasteiger partial charge in [-0.2, -0.15) is 13.2 Å². The number of hydrogen-bond donors (Lipinski definition) is 2. The number of alkyl halides is 3. The van der Waals surface area contributed by atoms with Crippen molar-refractivity contribution in [2.75, 3.05) is 17.3 Å². The molecule has 0 unspecified atom stereocenters. The highest BCUT2D eigenvalue weighted by Gasteiger charge is 2.31. The number of rotatable bonds is 7. The van der Waals surface area contributed by atoms with E-state index in [1.54, 1.807) is 36.4 Å². The summed E-state index contributed by atoms with van der Waals surface area (Å²) in [5.74, 6) is -1.71. The second-order valence-electron chi connectivity index (χ2n) is 8.33. The fourth-order valence-electron chi connectivity index (χ4n) is 3.72. The van der Waals surface area contributed by atoms with Crippen molar-refractivity contribution in [1.82, 2.24) is 0 Å². The maximum absolute atomic E-state index is 13.2. The van der Waals surface area contributed by atoms with Crippen molar-refractivity contribution in [3.63, 3.8) is 0 Å². The lowest BCUT2D eigenvalue weighted by atomic mass is 10.00. The number of carboxylic acid groups (broad SMARTS) is 1. The SMILES string of the molecule is CN(c1ccc(Cl)cc1)c1ccc(C(=O)c2cc(Nc3ccc(C(F)(F)F)cc3Cl)cc(C(=O)O)c2)cc1. The molecule has 4 aromatic carbocycles. The monoisotopic (exact) mass is 558 g/mol. The Morgan fingerprint density at radius 1 is 0.789 bits per heavy atom. The van der Waals surface area contributed by atoms with Gasteiger partial charge in [0, 0.05) is 40.3 Å². The minimum Gasteiger partial charge on any atom is -0.478 e. The van der Waals surface area contributed by atoms with Gasteiger partial charge in [-0.1, -0.05) is 23.2 Å². The van der Waals surface area contributed by atoms with Gasteiger partial charge < -0.3 is 15.3 Å². The Kier molecular flexibility index (Phi) is 7.66. The lowest BCUT2D eigenvalue weighted by molar-refractivity contribution is -0.137. The highest BCUT2D eigenvalue weighted by molar-refractivity contribution is 6.33. The van der Waals surface area contributed by atoms with E-state index < -0.39 is 23.5 Å². The van der Waals surface area contributed by atoms with Crippen LogP contribution < -0.4 is 10.2 Å². The molecule has 0 amide bonds. The molecule has 0 fully saturated rings. The number of aromatic carboxylic acids is 1. The molecule has 0 bridgehead atoms. The van der Waals surface area contributed by atoms with E-state index in [0.29, 0.717) is 10.6 Å². The van der Waals surface area contributed by atoms with E-state index in [9.17, 15) is 27.9 Å². The fourth-order valence-corrected chi connectivity index (χ4v) is 4.07. The van der Waals surface area contributed by atoms with Gasteiger partial charge in [-0.25, -0.2) is 4.79 Å². The Hall–Kier alpha value is -4.01. The second-order valence-corrected chi connectivity index (χ2v) is 9.18. The number of carbonyl (C=O) groups excluding carboxylic acids is 1. The number of halogens is 5. The minimum absolute atomic E-state index is 0.0780. The molecular formula is C28H19Cl2F3N2O3. The van der Waals surface area contributed by atoms with Crippen LogP contribution in [0.1, 0.15) is 31.8 Å². The van der Waals surface area contributed by atoms with Crippen molar-refractivity contribution < 1.29 is 27.9 Å². The number of hydrogen-bond acceptors (Lipinski definition) is 4. The number of nitrogens with one attached hydrogen (secondary N) is 1. The number of carboxylic acids is 1. The van der Waals surface area contributed by atoms with Crippen molar-refractivity contribution in [1.29, 1.82) is 0 Å². The van der Waals surface area contributed by atoms with Gasteiger partial charge in [-0.15, -0.1) is 0 Å². The second kappa shape index (κ2) is 10.8. The van der Waals surface area contributed by atoms with Crippen LogP contribution in [0.25, 0.3) is 0 Å². The first-order chi connectivity index (χ1) is 17.9. The molecular weight excluding hydrogens is 540 g/mol. The number of carbonyl (C=O) groups is 2. The molecule has 4 rings (SSSR count). The van der Waals surface area contributed by atoms with Gasteiger partial charge in [0.15, 0.2) is 5.78 Å². The first kappa shape index (κ1) is 27.0. The van der Waals surface area contributed by atoms with Crippen LogP contribution in [-0.2, 0) is 6.18 Å². The zero-order valence-electron chi connectivity index (χ0n) is 19.7. The van der Waals surface area contributed by atoms with Crippen molar-refractivity contribution in [3.05, 3.63) is 117 Å². The Balaban J connectivity index is 1.61. The summed E-state index contributed by atoms with van der Waals surface area (Å²) in [5.41, 5.74) is 1.29. The topological polar surface area (TPSA) is 69.6 Å². The fraction of sp³-hybridized carbons (Fsp3) is 0.0714. The highest BCUT2D eigenvalue weighted by Crippen LogP contribution is 2.35. The van der Waals surface area contributed by atoms with Crippen molar-refractivity contribution in [3.8, 4) is 0 Å². The lowest BCUT2D eigenvalue weighted by Crippen LogP contribution is -2.10. The summed E-state index contributed by atoms with van der Waals surface area (Å²) >= 11 is 12.0. The van der Waals surface area contributed by atoms with E-state index >= 15 is 0 Å². The molecule has 194 valence electrons. The number of nitrogens with zero attached hydrogens (tertiary/aromatic N) is 1. The van der Waals surface area contributed by atoms with Crippen molar-refractivity contribution >= 4 is 57.7 Å². The van der Waals surface area contributed by atoms with E-state index in [0.717, 1.165) is 29.6 Å². The van der Waals surface area contributed by atoms with Crippen LogP contribution in [0.3, 0.4) is 0 Å². The summed E-state index contributed by atoms with van der Waals surface area (Å²) in [4.78, 5) is 26.9. The summed E-state index contributed by atoms with van der Waals surface area (Å²) < 4.78 is 38.9. The van der Waals surface area contributed by atoms with Crippen LogP contribution in [0.2, 0.25) is 10.0 Å². The summed E-state index contributed by atoms with van der Waals surface area (Å²) in [6.45, 7) is 0. The van der Waals surface area contributed by atoms with Gasteiger partial charge >= 0.3 is 12.1 Å². The Bertz CT molecular complexity index is 1510. The van der Waals surface area contributed by atoms with Crippen LogP contribution >= 0.6 is 23.2 Å². The third-order valence-corrected chi connectivity index (χ3v) is 6.31. The van der Waals surface area contributed by atoms with Gasteiger partial charge in [0.2, 0.25) is 0 Å². The molecule has 0 heterocycles. The maximum atomic E-state index is 13.2. The van der Waals surface area contributed by atoms with Crippen LogP contribution in [0.5, 0.6) is 0 Å². The van der Waals surface area contributed by atoms with E-state index in [2.05, 4.69) is 5.32 Å². The summed E-state index contributed by atoms with van der Waals surface area (Å²) in [6, 6.07) is 20.7. The standard InChI is InChI=1S/C28H19Cl2F3N2O3/c1-35(23-9-5-20(29)6-10-23)22-7-2-16(3-8-22)26(36)17-12-18(27(37)38)14-21(13-17)34-25-11-4-19(15-24(25)30)28(31,32)33/h2-15,34H,1H3,(H,37,38). The average molecular weight is 559 g/mol. The molecule has 0 aliphatic carbocycles. The molecule has 4 aromatic rings. The Morgan fingerprint density at radius 2 is 1.37 bits per heavy atom. The molecule has 0 aliphatic rings. The first-order valence-electron chi connectivity index (χ1n) is 11.1. The minimum atomic E-state index is -4.57. The summed E-state index contributed by atoms with van der Waals surface area (Å²) in [6.07, 6.45) is -4.57. The van der Waals surface area contributed by atoms with Gasteiger partial charge in [0.25, 0.3) is 0 Å². The molecule has 0 saturated heterocycles. The Labute approximate surface area is 226 Å². The van der Waals surface area contributed by atoms with Crippen LogP contribution in [0, 0.1) is 0 Å². The number of ketones is 1. The average Bonchev–Trinajstić information content (AvgIpc) is 2.88. The zero-order chi connectivity index (χ0) is 27.6. The largest absolute Gasteiger partial charge is 0.478 e. The summed E-state index contributed by atoms with van der Waals surface area (Å²) in [5, 5.41) is 12.8. The number of anilines is 4. The Morgan fingerprint density at radius 3 is 1.92 bits per heavy atom. The number of benzene rings is 4. The molecule has 5 nitrogen and oxygen atoms in total. The van der Waals surface area contributed by atoms with Gasteiger partial charge in [-0.3, -0.25) is 4.79 Å². The maximum Gasteiger partial charge on any atom is 0.416 e. The zero-order valence-corrected chi connectivity index (χ0v) is 21.2. The quantitative estimate of drug-likeness (QED) is 0.223. The van der Waals surface area contributed by atoms with Crippen molar-refractivity contribution in [2.45, 2.75) is 6.18 Å². The molecule has 2 N–H and O–H groups in total. The molecule has 38 heavy (non-hydrogen) atoms. The summed E-state index contributed by atoms with van der Waals surface area (Å²) in [7, 11) is 1.86. The predicted molar refractivity (Wildman–Crippen MR) is 143 cm³/mol. The molecule has 0 radical (unpaired) electrons. The molecule has 0 spiro atoms. The van der Waals surface area contributed by atoms with Gasteiger partial charge in [-0.05, 0) is 84.9 Å². The highest BCUT2D eigenvalue weighted by atomic mass is 35.5. The van der Waals surface area contributed by atoms with E-state index in [1.165, 1.54) is 18.2 Å². The smallest absolute Gasteiger partial charge is 0.416 e. The van der Waals surface area contributed by atoms with Gasteiger partial charge in [0.1, 0.15) is 0 Å². The lowest BCUT2D eigenvalue weighted by Gasteiger charge is -2.20. The van der Waals surface area contributed by atoms with Crippen LogP contribution in [0.4, 0.5) is 35.9 Å². The first-order valence-corrected chi connectivity index (χ1v) is 11.8.